The molecule has 0 unspecified atom stereocenters. The molecule has 3 aromatic rings. The van der Waals surface area contributed by atoms with Gasteiger partial charge < -0.3 is 4.74 Å². The molecular formula is C18H14N2O2. The van der Waals surface area contributed by atoms with Gasteiger partial charge in [-0.3, -0.25) is 0 Å². The smallest absolute Gasteiger partial charge is 0.335 e. The van der Waals surface area contributed by atoms with Gasteiger partial charge in [0.15, 0.2) is 5.75 Å². The first-order chi connectivity index (χ1) is 10.8. The highest BCUT2D eigenvalue weighted by molar-refractivity contribution is 5.85. The molecule has 0 saturated heterocycles. The van der Waals surface area contributed by atoms with Gasteiger partial charge in [-0.15, -0.1) is 0 Å². The number of hydrogen-bond donors (Lipinski definition) is 0. The third kappa shape index (κ3) is 2.81. The van der Waals surface area contributed by atoms with Crippen molar-refractivity contribution in [3.05, 3.63) is 79.5 Å². The van der Waals surface area contributed by atoms with E-state index in [1.165, 1.54) is 0 Å². The normalized spacial score (nSPS) is 10.2. The van der Waals surface area contributed by atoms with Crippen molar-refractivity contribution in [2.75, 3.05) is 0 Å². The first-order valence-corrected chi connectivity index (χ1v) is 6.82. The Morgan fingerprint density at radius 3 is 2.32 bits per heavy atom. The molecule has 4 heteroatoms. The lowest BCUT2D eigenvalue weighted by Crippen LogP contribution is -2.03. The Morgan fingerprint density at radius 1 is 1.05 bits per heavy atom. The molecule has 0 saturated carbocycles. The van der Waals surface area contributed by atoms with Crippen LogP contribution in [0.5, 0.6) is 5.75 Å². The van der Waals surface area contributed by atoms with E-state index in [0.29, 0.717) is 11.4 Å². The Balaban J connectivity index is 2.08. The van der Waals surface area contributed by atoms with Crippen molar-refractivity contribution in [2.24, 2.45) is 0 Å². The van der Waals surface area contributed by atoms with Crippen LogP contribution in [0.25, 0.3) is 16.9 Å². The molecule has 0 fully saturated rings. The summed E-state index contributed by atoms with van der Waals surface area (Å²) in [6, 6.07) is 19.2. The maximum absolute atomic E-state index is 11.5. The van der Waals surface area contributed by atoms with Crippen LogP contribution >= 0.6 is 0 Å². The van der Waals surface area contributed by atoms with E-state index in [9.17, 15) is 4.79 Å². The van der Waals surface area contributed by atoms with Gasteiger partial charge in [0.25, 0.3) is 0 Å². The van der Waals surface area contributed by atoms with Crippen LogP contribution in [0.3, 0.4) is 0 Å². The third-order valence-electron chi connectivity index (χ3n) is 3.13. The Labute approximate surface area is 128 Å². The molecule has 0 spiro atoms. The second-order valence-corrected chi connectivity index (χ2v) is 4.61. The predicted molar refractivity (Wildman–Crippen MR) is 84.8 cm³/mol. The molecule has 0 aliphatic rings. The monoisotopic (exact) mass is 290 g/mol. The average molecular weight is 290 g/mol. The maximum atomic E-state index is 11.5. The number of rotatable bonds is 4. The first kappa shape index (κ1) is 13.8. The van der Waals surface area contributed by atoms with Gasteiger partial charge in [-0.25, -0.2) is 9.48 Å². The molecule has 0 radical (unpaired) electrons. The van der Waals surface area contributed by atoms with Crippen molar-refractivity contribution in [3.63, 3.8) is 0 Å². The number of nitrogens with zero attached hydrogens (tertiary/aromatic N) is 2. The molecule has 0 aliphatic carbocycles. The summed E-state index contributed by atoms with van der Waals surface area (Å²) in [7, 11) is 0. The Bertz CT molecular complexity index is 792. The van der Waals surface area contributed by atoms with Crippen molar-refractivity contribution >= 4 is 5.97 Å². The van der Waals surface area contributed by atoms with E-state index in [1.54, 1.807) is 10.9 Å². The molecule has 0 amide bonds. The number of ether oxygens (including phenoxy) is 1. The number of carbonyl (C=O) groups is 1. The van der Waals surface area contributed by atoms with Crippen molar-refractivity contribution in [2.45, 2.75) is 0 Å². The number of esters is 1. The number of hydrogen-bond acceptors (Lipinski definition) is 3. The quantitative estimate of drug-likeness (QED) is 0.544. The molecular weight excluding hydrogens is 276 g/mol. The molecule has 0 atom stereocenters. The average Bonchev–Trinajstić information content (AvgIpc) is 3.00. The van der Waals surface area contributed by atoms with Crippen LogP contribution in [0, 0.1) is 0 Å². The minimum absolute atomic E-state index is 0.403. The highest BCUT2D eigenvalue weighted by Gasteiger charge is 2.15. The number of benzene rings is 2. The van der Waals surface area contributed by atoms with Crippen LogP contribution in [-0.2, 0) is 4.79 Å². The summed E-state index contributed by atoms with van der Waals surface area (Å²) in [5.74, 6) is -0.107. The molecule has 3 rings (SSSR count). The molecule has 0 N–H and O–H groups in total. The van der Waals surface area contributed by atoms with Gasteiger partial charge >= 0.3 is 5.97 Å². The van der Waals surface area contributed by atoms with Gasteiger partial charge in [-0.05, 0) is 12.1 Å². The van der Waals surface area contributed by atoms with Gasteiger partial charge in [0.2, 0.25) is 0 Å². The zero-order valence-corrected chi connectivity index (χ0v) is 11.8. The minimum Gasteiger partial charge on any atom is -0.419 e. The molecule has 4 nitrogen and oxygen atoms in total. The van der Waals surface area contributed by atoms with Crippen molar-refractivity contribution in [1.82, 2.24) is 9.78 Å². The summed E-state index contributed by atoms with van der Waals surface area (Å²) < 4.78 is 7.00. The Hall–Kier alpha value is -3.14. The Kier molecular flexibility index (Phi) is 3.83. The fourth-order valence-electron chi connectivity index (χ4n) is 2.09. The fraction of sp³-hybridized carbons (Fsp3) is 0. The summed E-state index contributed by atoms with van der Waals surface area (Å²) >= 11 is 0. The summed E-state index contributed by atoms with van der Waals surface area (Å²) in [4.78, 5) is 11.5. The van der Waals surface area contributed by atoms with Crippen LogP contribution in [0.2, 0.25) is 0 Å². The van der Waals surface area contributed by atoms with Crippen molar-refractivity contribution < 1.29 is 9.53 Å². The molecule has 1 aromatic heterocycles. The van der Waals surface area contributed by atoms with Gasteiger partial charge in [-0.1, -0.05) is 55.1 Å². The second kappa shape index (κ2) is 6.10. The molecule has 0 bridgehead atoms. The second-order valence-electron chi connectivity index (χ2n) is 4.61. The minimum atomic E-state index is -0.509. The zero-order chi connectivity index (χ0) is 15.4. The molecule has 0 aliphatic heterocycles. The van der Waals surface area contributed by atoms with Gasteiger partial charge in [0.1, 0.15) is 5.69 Å². The van der Waals surface area contributed by atoms with Crippen LogP contribution in [-0.4, -0.2) is 15.7 Å². The van der Waals surface area contributed by atoms with E-state index < -0.39 is 5.97 Å². The van der Waals surface area contributed by atoms with E-state index in [1.807, 2.05) is 60.7 Å². The summed E-state index contributed by atoms with van der Waals surface area (Å²) in [6.45, 7) is 3.42. The predicted octanol–water partition coefficient (Wildman–Crippen LogP) is 3.63. The number of aromatic nitrogens is 2. The number of carbonyl (C=O) groups excluding carboxylic acids is 1. The highest BCUT2D eigenvalue weighted by atomic mass is 16.5. The van der Waals surface area contributed by atoms with E-state index in [4.69, 9.17) is 4.74 Å². The van der Waals surface area contributed by atoms with Crippen LogP contribution in [0.15, 0.2) is 79.5 Å². The Morgan fingerprint density at radius 2 is 1.68 bits per heavy atom. The topological polar surface area (TPSA) is 44.1 Å². The summed E-state index contributed by atoms with van der Waals surface area (Å²) in [5.41, 5.74) is 2.38. The standard InChI is InChI=1S/C18H14N2O2/c1-2-17(21)22-16-13-20(15-11-7-4-8-12-15)19-18(16)14-9-5-3-6-10-14/h2-13H,1H2. The van der Waals surface area contributed by atoms with E-state index in [2.05, 4.69) is 11.7 Å². The summed E-state index contributed by atoms with van der Waals surface area (Å²) in [6.07, 6.45) is 2.83. The van der Waals surface area contributed by atoms with Gasteiger partial charge in [-0.2, -0.15) is 5.10 Å². The number of para-hydroxylation sites is 1. The molecule has 22 heavy (non-hydrogen) atoms. The lowest BCUT2D eigenvalue weighted by Gasteiger charge is -2.01. The largest absolute Gasteiger partial charge is 0.419 e. The zero-order valence-electron chi connectivity index (χ0n) is 11.8. The highest BCUT2D eigenvalue weighted by Crippen LogP contribution is 2.29. The van der Waals surface area contributed by atoms with Gasteiger partial charge in [0, 0.05) is 11.6 Å². The van der Waals surface area contributed by atoms with E-state index >= 15 is 0 Å². The fourth-order valence-corrected chi connectivity index (χ4v) is 2.09. The summed E-state index contributed by atoms with van der Waals surface area (Å²) in [5, 5.41) is 4.54. The third-order valence-corrected chi connectivity index (χ3v) is 3.13. The lowest BCUT2D eigenvalue weighted by molar-refractivity contribution is -0.128. The van der Waals surface area contributed by atoms with E-state index in [-0.39, 0.29) is 0 Å². The van der Waals surface area contributed by atoms with Gasteiger partial charge in [0.05, 0.1) is 11.9 Å². The van der Waals surface area contributed by atoms with Crippen LogP contribution < -0.4 is 4.74 Å². The molecule has 1 heterocycles. The molecule has 2 aromatic carbocycles. The first-order valence-electron chi connectivity index (χ1n) is 6.82. The van der Waals surface area contributed by atoms with Crippen LogP contribution in [0.1, 0.15) is 0 Å². The van der Waals surface area contributed by atoms with E-state index in [0.717, 1.165) is 17.3 Å². The molecule has 108 valence electrons. The SMILES string of the molecule is C=CC(=O)Oc1cn(-c2ccccc2)nc1-c1ccccc1. The maximum Gasteiger partial charge on any atom is 0.335 e. The lowest BCUT2D eigenvalue weighted by atomic mass is 10.1. The van der Waals surface area contributed by atoms with Crippen molar-refractivity contribution in [3.8, 4) is 22.7 Å². The van der Waals surface area contributed by atoms with Crippen molar-refractivity contribution in [1.29, 1.82) is 0 Å². The van der Waals surface area contributed by atoms with Crippen LogP contribution in [0.4, 0.5) is 0 Å².